The first-order chi connectivity index (χ1) is 12.3. The van der Waals surface area contributed by atoms with E-state index in [0.717, 1.165) is 16.3 Å². The van der Waals surface area contributed by atoms with Crippen molar-refractivity contribution in [3.8, 4) is 11.3 Å². The lowest BCUT2D eigenvalue weighted by Gasteiger charge is -2.20. The number of hydrogen-bond donors (Lipinski definition) is 1. The van der Waals surface area contributed by atoms with E-state index in [1.807, 2.05) is 57.2 Å². The Labute approximate surface area is 165 Å². The second-order valence-corrected chi connectivity index (χ2v) is 7.82. The highest BCUT2D eigenvalue weighted by molar-refractivity contribution is 9.08. The quantitative estimate of drug-likeness (QED) is 0.450. The Hall–Kier alpha value is -1.98. The molecule has 0 aliphatic carbocycles. The molecule has 1 heterocycles. The number of ether oxygens (including phenoxy) is 1. The Bertz CT molecular complexity index is 959. The molecule has 4 nitrogen and oxygen atoms in total. The first-order valence-corrected chi connectivity index (χ1v) is 9.65. The van der Waals surface area contributed by atoms with Crippen molar-refractivity contribution in [3.63, 3.8) is 0 Å². The second kappa shape index (κ2) is 7.33. The summed E-state index contributed by atoms with van der Waals surface area (Å²) in [6.45, 7) is 5.45. The van der Waals surface area contributed by atoms with Crippen molar-refractivity contribution in [2.24, 2.45) is 0 Å². The Morgan fingerprint density at radius 3 is 2.65 bits per heavy atom. The van der Waals surface area contributed by atoms with Crippen LogP contribution in [-0.2, 0) is 10.1 Å². The van der Waals surface area contributed by atoms with Crippen LogP contribution in [-0.4, -0.2) is 11.7 Å². The molecule has 0 bridgehead atoms. The lowest BCUT2D eigenvalue weighted by Crippen LogP contribution is -2.27. The van der Waals surface area contributed by atoms with Crippen LogP contribution < -0.4 is 5.32 Å². The number of amides is 1. The zero-order valence-electron chi connectivity index (χ0n) is 14.7. The third-order valence-electron chi connectivity index (χ3n) is 3.65. The third-order valence-corrected chi connectivity index (χ3v) is 4.68. The Morgan fingerprint density at radius 1 is 1.23 bits per heavy atom. The lowest BCUT2D eigenvalue weighted by molar-refractivity contribution is 0.0636. The summed E-state index contributed by atoms with van der Waals surface area (Å²) in [5, 5.41) is 4.86. The van der Waals surface area contributed by atoms with Gasteiger partial charge in [-0.25, -0.2) is 4.79 Å². The van der Waals surface area contributed by atoms with Crippen LogP contribution in [0.5, 0.6) is 0 Å². The average molecular weight is 437 g/mol. The maximum absolute atomic E-state index is 12.2. The summed E-state index contributed by atoms with van der Waals surface area (Å²) in [5.41, 5.74) is 2.49. The van der Waals surface area contributed by atoms with Gasteiger partial charge in [0.2, 0.25) is 0 Å². The van der Waals surface area contributed by atoms with Gasteiger partial charge in [-0.2, -0.15) is 0 Å². The highest BCUT2D eigenvalue weighted by atomic mass is 79.9. The minimum atomic E-state index is -0.581. The molecule has 3 rings (SSSR count). The van der Waals surface area contributed by atoms with E-state index < -0.39 is 11.7 Å². The molecule has 0 spiro atoms. The highest BCUT2D eigenvalue weighted by Crippen LogP contribution is 2.40. The summed E-state index contributed by atoms with van der Waals surface area (Å²) in [5.74, 6) is 0.514. The van der Waals surface area contributed by atoms with Crippen LogP contribution in [0.4, 0.5) is 10.5 Å². The first kappa shape index (κ1) is 18.8. The summed E-state index contributed by atoms with van der Waals surface area (Å²) < 4.78 is 11.3. The number of carbonyl (C=O) groups excluding carboxylic acids is 1. The van der Waals surface area contributed by atoms with Gasteiger partial charge in [0, 0.05) is 16.3 Å². The number of nitrogens with one attached hydrogen (secondary N) is 1. The van der Waals surface area contributed by atoms with Crippen molar-refractivity contribution in [1.29, 1.82) is 0 Å². The SMILES string of the molecule is CC(C)(C)OC(=O)Nc1ccccc1-c1oc2ccc(CBr)cc2c1Cl. The standard InChI is InChI=1S/C20H19BrClNO3/c1-20(2,3)26-19(24)23-15-7-5-4-6-13(15)18-17(22)14-10-12(11-21)8-9-16(14)25-18/h4-10H,11H2,1-3H3,(H,23,24). The van der Waals surface area contributed by atoms with Crippen LogP contribution in [0.15, 0.2) is 46.9 Å². The molecule has 0 fully saturated rings. The molecule has 0 atom stereocenters. The van der Waals surface area contributed by atoms with Crippen molar-refractivity contribution >= 4 is 50.3 Å². The molecule has 0 aliphatic rings. The van der Waals surface area contributed by atoms with Crippen molar-refractivity contribution in [2.45, 2.75) is 31.7 Å². The fourth-order valence-electron chi connectivity index (χ4n) is 2.57. The van der Waals surface area contributed by atoms with E-state index in [-0.39, 0.29) is 0 Å². The third kappa shape index (κ3) is 4.05. The van der Waals surface area contributed by atoms with Crippen LogP contribution in [0.3, 0.4) is 0 Å². The monoisotopic (exact) mass is 435 g/mol. The number of anilines is 1. The smallest absolute Gasteiger partial charge is 0.412 e. The van der Waals surface area contributed by atoms with Gasteiger partial charge in [0.1, 0.15) is 11.2 Å². The molecule has 0 aliphatic heterocycles. The van der Waals surface area contributed by atoms with Gasteiger partial charge in [0.15, 0.2) is 5.76 Å². The molecule has 1 aromatic heterocycles. The predicted molar refractivity (Wildman–Crippen MR) is 109 cm³/mol. The molecule has 26 heavy (non-hydrogen) atoms. The number of para-hydroxylation sites is 1. The van der Waals surface area contributed by atoms with Gasteiger partial charge in [-0.3, -0.25) is 5.32 Å². The van der Waals surface area contributed by atoms with Crippen LogP contribution >= 0.6 is 27.5 Å². The molecule has 0 saturated carbocycles. The van der Waals surface area contributed by atoms with E-state index in [9.17, 15) is 4.79 Å². The number of hydrogen-bond acceptors (Lipinski definition) is 3. The number of fused-ring (bicyclic) bond motifs is 1. The molecular weight excluding hydrogens is 418 g/mol. The van der Waals surface area contributed by atoms with E-state index >= 15 is 0 Å². The Morgan fingerprint density at radius 2 is 1.96 bits per heavy atom. The molecular formula is C20H19BrClNO3. The number of benzene rings is 2. The van der Waals surface area contributed by atoms with Gasteiger partial charge in [0.25, 0.3) is 0 Å². The normalized spacial score (nSPS) is 11.6. The molecule has 3 aromatic rings. The number of halogens is 2. The van der Waals surface area contributed by atoms with Crippen molar-refractivity contribution in [3.05, 3.63) is 53.1 Å². The van der Waals surface area contributed by atoms with Gasteiger partial charge in [0.05, 0.1) is 10.7 Å². The summed E-state index contributed by atoms with van der Waals surface area (Å²) >= 11 is 10.0. The summed E-state index contributed by atoms with van der Waals surface area (Å²) in [6.07, 6.45) is -0.529. The first-order valence-electron chi connectivity index (χ1n) is 8.15. The molecule has 136 valence electrons. The zero-order chi connectivity index (χ0) is 18.9. The van der Waals surface area contributed by atoms with Gasteiger partial charge in [-0.15, -0.1) is 0 Å². The summed E-state index contributed by atoms with van der Waals surface area (Å²) in [7, 11) is 0. The number of rotatable bonds is 3. The van der Waals surface area contributed by atoms with E-state index in [2.05, 4.69) is 21.2 Å². The zero-order valence-corrected chi connectivity index (χ0v) is 17.1. The fraction of sp³-hybridized carbons (Fsp3) is 0.250. The molecule has 2 aromatic carbocycles. The summed E-state index contributed by atoms with van der Waals surface area (Å²) in [6, 6.07) is 13.2. The fourth-order valence-corrected chi connectivity index (χ4v) is 3.21. The highest BCUT2D eigenvalue weighted by Gasteiger charge is 2.20. The second-order valence-electron chi connectivity index (χ2n) is 6.88. The minimum Gasteiger partial charge on any atom is -0.454 e. The van der Waals surface area contributed by atoms with E-state index in [4.69, 9.17) is 20.8 Å². The van der Waals surface area contributed by atoms with Crippen LogP contribution in [0.2, 0.25) is 5.02 Å². The molecule has 1 N–H and O–H groups in total. The van der Waals surface area contributed by atoms with Gasteiger partial charge >= 0.3 is 6.09 Å². The number of carbonyl (C=O) groups is 1. The topological polar surface area (TPSA) is 51.5 Å². The van der Waals surface area contributed by atoms with E-state index in [1.54, 1.807) is 6.07 Å². The number of furan rings is 1. The maximum Gasteiger partial charge on any atom is 0.412 e. The van der Waals surface area contributed by atoms with Crippen molar-refractivity contribution in [1.82, 2.24) is 0 Å². The largest absolute Gasteiger partial charge is 0.454 e. The van der Waals surface area contributed by atoms with Crippen LogP contribution in [0.25, 0.3) is 22.3 Å². The predicted octanol–water partition coefficient (Wildman–Crippen LogP) is 7.00. The summed E-state index contributed by atoms with van der Waals surface area (Å²) in [4.78, 5) is 12.2. The van der Waals surface area contributed by atoms with E-state index in [1.165, 1.54) is 0 Å². The number of alkyl halides is 1. The molecule has 1 amide bonds. The average Bonchev–Trinajstić information content (AvgIpc) is 2.90. The van der Waals surface area contributed by atoms with Crippen molar-refractivity contribution < 1.29 is 13.9 Å². The maximum atomic E-state index is 12.2. The van der Waals surface area contributed by atoms with Gasteiger partial charge in [-0.1, -0.05) is 45.7 Å². The lowest BCUT2D eigenvalue weighted by atomic mass is 10.1. The Kier molecular flexibility index (Phi) is 5.30. The molecule has 6 heteroatoms. The molecule has 0 radical (unpaired) electrons. The van der Waals surface area contributed by atoms with Gasteiger partial charge < -0.3 is 9.15 Å². The van der Waals surface area contributed by atoms with E-state index in [0.29, 0.717) is 27.6 Å². The van der Waals surface area contributed by atoms with Crippen molar-refractivity contribution in [2.75, 3.05) is 5.32 Å². The van der Waals surface area contributed by atoms with Crippen LogP contribution in [0, 0.1) is 0 Å². The molecule has 0 unspecified atom stereocenters. The van der Waals surface area contributed by atoms with Crippen LogP contribution in [0.1, 0.15) is 26.3 Å². The van der Waals surface area contributed by atoms with Gasteiger partial charge in [-0.05, 0) is 50.6 Å². The Balaban J connectivity index is 2.01. The molecule has 0 saturated heterocycles. The minimum absolute atomic E-state index is 0.514.